The zero-order valence-electron chi connectivity index (χ0n) is 12.5. The Kier molecular flexibility index (Phi) is 3.88. The van der Waals surface area contributed by atoms with Gasteiger partial charge in [0.05, 0.1) is 17.0 Å². The predicted octanol–water partition coefficient (Wildman–Crippen LogP) is 2.78. The molecular weight excluding hydrogens is 238 g/mol. The molecule has 2 heterocycles. The molecule has 1 saturated heterocycles. The minimum atomic E-state index is 0.0435. The van der Waals surface area contributed by atoms with E-state index in [9.17, 15) is 4.79 Å². The maximum absolute atomic E-state index is 11.6. The normalized spacial score (nSPS) is 23.5. The van der Waals surface area contributed by atoms with Crippen molar-refractivity contribution in [3.8, 4) is 0 Å². The Balaban J connectivity index is 2.33. The standard InChI is InChI=1S/C15H23N3O/c1-9-6-10(2)8-18(7-9)15-16-11(3)14(13(5)19)12(4)17-15/h9-10H,6-8H2,1-5H3/t9-,10-/m1/s1. The summed E-state index contributed by atoms with van der Waals surface area (Å²) in [5.41, 5.74) is 2.25. The third-order valence-corrected chi connectivity index (χ3v) is 3.76. The van der Waals surface area contributed by atoms with E-state index in [1.165, 1.54) is 6.42 Å². The lowest BCUT2D eigenvalue weighted by Crippen LogP contribution is -2.40. The van der Waals surface area contributed by atoms with Gasteiger partial charge in [-0.15, -0.1) is 0 Å². The summed E-state index contributed by atoms with van der Waals surface area (Å²) in [7, 11) is 0. The van der Waals surface area contributed by atoms with Crippen LogP contribution in [0.4, 0.5) is 5.95 Å². The maximum atomic E-state index is 11.6. The van der Waals surface area contributed by atoms with Gasteiger partial charge in [0.15, 0.2) is 5.78 Å². The number of nitrogens with zero attached hydrogens (tertiary/aromatic N) is 3. The van der Waals surface area contributed by atoms with Crippen molar-refractivity contribution in [2.45, 2.75) is 41.0 Å². The number of anilines is 1. The number of rotatable bonds is 2. The minimum Gasteiger partial charge on any atom is -0.340 e. The monoisotopic (exact) mass is 261 g/mol. The van der Waals surface area contributed by atoms with Crippen LogP contribution < -0.4 is 4.90 Å². The second kappa shape index (κ2) is 5.27. The summed E-state index contributed by atoms with van der Waals surface area (Å²) in [6, 6.07) is 0. The smallest absolute Gasteiger partial charge is 0.225 e. The van der Waals surface area contributed by atoms with E-state index >= 15 is 0 Å². The Morgan fingerprint density at radius 2 is 1.58 bits per heavy atom. The first-order chi connectivity index (χ1) is 8.88. The fraction of sp³-hybridized carbons (Fsp3) is 0.667. The lowest BCUT2D eigenvalue weighted by molar-refractivity contribution is 0.101. The highest BCUT2D eigenvalue weighted by atomic mass is 16.1. The van der Waals surface area contributed by atoms with E-state index in [0.717, 1.165) is 30.4 Å². The van der Waals surface area contributed by atoms with E-state index < -0.39 is 0 Å². The Hall–Kier alpha value is -1.45. The summed E-state index contributed by atoms with van der Waals surface area (Å²) >= 11 is 0. The fourth-order valence-corrected chi connectivity index (χ4v) is 3.18. The van der Waals surface area contributed by atoms with Crippen molar-refractivity contribution in [1.29, 1.82) is 0 Å². The highest BCUT2D eigenvalue weighted by Crippen LogP contribution is 2.25. The molecule has 0 unspecified atom stereocenters. The van der Waals surface area contributed by atoms with Gasteiger partial charge in [0, 0.05) is 13.1 Å². The van der Waals surface area contributed by atoms with Crippen molar-refractivity contribution < 1.29 is 4.79 Å². The molecule has 0 aliphatic carbocycles. The summed E-state index contributed by atoms with van der Waals surface area (Å²) in [6.45, 7) is 11.9. The zero-order chi connectivity index (χ0) is 14.2. The van der Waals surface area contributed by atoms with Gasteiger partial charge in [0.25, 0.3) is 0 Å². The zero-order valence-corrected chi connectivity index (χ0v) is 12.5. The molecule has 0 spiro atoms. The molecule has 0 N–H and O–H groups in total. The van der Waals surface area contributed by atoms with Gasteiger partial charge in [0.2, 0.25) is 5.95 Å². The molecule has 19 heavy (non-hydrogen) atoms. The molecule has 4 heteroatoms. The van der Waals surface area contributed by atoms with Crippen LogP contribution in [0.5, 0.6) is 0 Å². The van der Waals surface area contributed by atoms with Crippen molar-refractivity contribution in [3.05, 3.63) is 17.0 Å². The number of carbonyl (C=O) groups is 1. The second-order valence-corrected chi connectivity index (χ2v) is 5.98. The molecule has 1 aromatic heterocycles. The summed E-state index contributed by atoms with van der Waals surface area (Å²) in [6.07, 6.45) is 1.26. The quantitative estimate of drug-likeness (QED) is 0.768. The molecule has 1 aliphatic heterocycles. The van der Waals surface area contributed by atoms with Crippen LogP contribution in [0.1, 0.15) is 48.9 Å². The van der Waals surface area contributed by atoms with Crippen LogP contribution in [0.25, 0.3) is 0 Å². The van der Waals surface area contributed by atoms with Crippen molar-refractivity contribution in [1.82, 2.24) is 9.97 Å². The van der Waals surface area contributed by atoms with Crippen LogP contribution in [-0.2, 0) is 0 Å². The molecule has 104 valence electrons. The second-order valence-electron chi connectivity index (χ2n) is 5.98. The topological polar surface area (TPSA) is 46.1 Å². The van der Waals surface area contributed by atoms with Gasteiger partial charge in [-0.1, -0.05) is 13.8 Å². The van der Waals surface area contributed by atoms with Gasteiger partial charge in [-0.05, 0) is 39.0 Å². The summed E-state index contributed by atoms with van der Waals surface area (Å²) in [4.78, 5) is 22.9. The lowest BCUT2D eigenvalue weighted by atomic mass is 9.92. The van der Waals surface area contributed by atoms with Gasteiger partial charge < -0.3 is 4.90 Å². The predicted molar refractivity (Wildman–Crippen MR) is 76.7 cm³/mol. The molecular formula is C15H23N3O. The molecule has 1 aliphatic rings. The molecule has 2 rings (SSSR count). The molecule has 1 fully saturated rings. The van der Waals surface area contributed by atoms with Crippen molar-refractivity contribution in [3.63, 3.8) is 0 Å². The number of hydrogen-bond acceptors (Lipinski definition) is 4. The van der Waals surface area contributed by atoms with Crippen molar-refractivity contribution in [2.24, 2.45) is 11.8 Å². The largest absolute Gasteiger partial charge is 0.340 e. The number of piperidine rings is 1. The average Bonchev–Trinajstić information content (AvgIpc) is 2.25. The molecule has 0 bridgehead atoms. The average molecular weight is 261 g/mol. The third-order valence-electron chi connectivity index (χ3n) is 3.76. The van der Waals surface area contributed by atoms with Crippen LogP contribution in [0, 0.1) is 25.7 Å². The van der Waals surface area contributed by atoms with Crippen molar-refractivity contribution >= 4 is 11.7 Å². The highest BCUT2D eigenvalue weighted by molar-refractivity contribution is 5.96. The molecule has 0 aromatic carbocycles. The van der Waals surface area contributed by atoms with Gasteiger partial charge in [-0.25, -0.2) is 9.97 Å². The Morgan fingerprint density at radius 3 is 2.00 bits per heavy atom. The van der Waals surface area contributed by atoms with Crippen LogP contribution in [0.3, 0.4) is 0 Å². The highest BCUT2D eigenvalue weighted by Gasteiger charge is 2.24. The first kappa shape index (κ1) is 14.0. The molecule has 4 nitrogen and oxygen atoms in total. The Labute approximate surface area is 115 Å². The fourth-order valence-electron chi connectivity index (χ4n) is 3.18. The minimum absolute atomic E-state index is 0.0435. The Bertz CT molecular complexity index is 465. The first-order valence-corrected chi connectivity index (χ1v) is 6.99. The number of Topliss-reactive ketones (excluding diaryl/α,β-unsaturated/α-hetero) is 1. The molecule has 0 saturated carbocycles. The van der Waals surface area contributed by atoms with Gasteiger partial charge >= 0.3 is 0 Å². The summed E-state index contributed by atoms with van der Waals surface area (Å²) < 4.78 is 0. The van der Waals surface area contributed by atoms with Gasteiger partial charge in [-0.2, -0.15) is 0 Å². The Morgan fingerprint density at radius 1 is 1.11 bits per heavy atom. The molecule has 0 amide bonds. The van der Waals surface area contributed by atoms with Crippen LogP contribution in [-0.4, -0.2) is 28.8 Å². The summed E-state index contributed by atoms with van der Waals surface area (Å²) in [5, 5.41) is 0. The lowest BCUT2D eigenvalue weighted by Gasteiger charge is -2.35. The van der Waals surface area contributed by atoms with Crippen LogP contribution in [0.2, 0.25) is 0 Å². The number of hydrogen-bond donors (Lipinski definition) is 0. The van der Waals surface area contributed by atoms with E-state index in [4.69, 9.17) is 0 Å². The molecule has 1 aromatic rings. The maximum Gasteiger partial charge on any atom is 0.225 e. The molecule has 0 radical (unpaired) electrons. The number of ketones is 1. The van der Waals surface area contributed by atoms with Crippen LogP contribution >= 0.6 is 0 Å². The van der Waals surface area contributed by atoms with Crippen LogP contribution in [0.15, 0.2) is 0 Å². The van der Waals surface area contributed by atoms with E-state index in [1.807, 2.05) is 13.8 Å². The van der Waals surface area contributed by atoms with Gasteiger partial charge in [-0.3, -0.25) is 4.79 Å². The van der Waals surface area contributed by atoms with E-state index in [-0.39, 0.29) is 5.78 Å². The number of aromatic nitrogens is 2. The van der Waals surface area contributed by atoms with E-state index in [2.05, 4.69) is 28.7 Å². The SMILES string of the molecule is CC(=O)c1c(C)nc(N2C[C@H](C)C[C@@H](C)C2)nc1C. The van der Waals surface area contributed by atoms with Gasteiger partial charge in [0.1, 0.15) is 0 Å². The number of carbonyl (C=O) groups excluding carboxylic acids is 1. The van der Waals surface area contributed by atoms with Crippen molar-refractivity contribution in [2.75, 3.05) is 18.0 Å². The van der Waals surface area contributed by atoms with E-state index in [0.29, 0.717) is 17.4 Å². The number of aryl methyl sites for hydroxylation is 2. The summed E-state index contributed by atoms with van der Waals surface area (Å²) in [5.74, 6) is 2.15. The molecule has 2 atom stereocenters. The first-order valence-electron chi connectivity index (χ1n) is 6.99. The third kappa shape index (κ3) is 2.94. The van der Waals surface area contributed by atoms with E-state index in [1.54, 1.807) is 6.92 Å².